The summed E-state index contributed by atoms with van der Waals surface area (Å²) in [7, 11) is 0. The van der Waals surface area contributed by atoms with Crippen molar-refractivity contribution in [1.29, 1.82) is 0 Å². The number of hydrogen-bond acceptors (Lipinski definition) is 2. The second kappa shape index (κ2) is 5.67. The first-order valence-electron chi connectivity index (χ1n) is 8.66. The third-order valence-corrected chi connectivity index (χ3v) is 6.16. The Morgan fingerprint density at radius 1 is 1.00 bits per heavy atom. The van der Waals surface area contributed by atoms with Crippen LogP contribution in [0.3, 0.4) is 0 Å². The molecule has 1 amide bonds. The van der Waals surface area contributed by atoms with Gasteiger partial charge in [-0.25, -0.2) is 0 Å². The molecule has 114 valence electrons. The average Bonchev–Trinajstić information content (AvgIpc) is 3.03. The molecule has 5 unspecified atom stereocenters. The first-order chi connectivity index (χ1) is 9.58. The van der Waals surface area contributed by atoms with Gasteiger partial charge in [-0.1, -0.05) is 26.7 Å². The van der Waals surface area contributed by atoms with Crippen LogP contribution in [-0.4, -0.2) is 29.1 Å². The monoisotopic (exact) mass is 278 g/mol. The van der Waals surface area contributed by atoms with E-state index >= 15 is 0 Å². The van der Waals surface area contributed by atoms with Crippen molar-refractivity contribution < 1.29 is 4.79 Å². The van der Waals surface area contributed by atoms with E-state index in [-0.39, 0.29) is 6.04 Å². The minimum Gasteiger partial charge on any atom is -0.323 e. The van der Waals surface area contributed by atoms with Crippen LogP contribution in [0.2, 0.25) is 0 Å². The summed E-state index contributed by atoms with van der Waals surface area (Å²) in [5.41, 5.74) is 0. The molecule has 5 atom stereocenters. The minimum absolute atomic E-state index is 0.0234. The SMILES string of the molecule is CC1NC(C2CCCC2)N(C2CCC(C)C(C)C2)C1=O. The zero-order valence-electron chi connectivity index (χ0n) is 13.3. The molecule has 3 nitrogen and oxygen atoms in total. The molecule has 0 aromatic carbocycles. The van der Waals surface area contributed by atoms with Crippen LogP contribution in [0.1, 0.15) is 65.7 Å². The summed E-state index contributed by atoms with van der Waals surface area (Å²) in [6.45, 7) is 6.76. The molecule has 1 aliphatic heterocycles. The highest BCUT2D eigenvalue weighted by Crippen LogP contribution is 2.38. The highest BCUT2D eigenvalue weighted by atomic mass is 16.2. The van der Waals surface area contributed by atoms with Crippen LogP contribution in [0, 0.1) is 17.8 Å². The van der Waals surface area contributed by atoms with Gasteiger partial charge in [-0.05, 0) is 56.8 Å². The van der Waals surface area contributed by atoms with Gasteiger partial charge in [0.1, 0.15) is 0 Å². The number of rotatable bonds is 2. The van der Waals surface area contributed by atoms with Gasteiger partial charge in [0.15, 0.2) is 0 Å². The fourth-order valence-electron chi connectivity index (χ4n) is 4.58. The summed E-state index contributed by atoms with van der Waals surface area (Å²) < 4.78 is 0. The van der Waals surface area contributed by atoms with Crippen molar-refractivity contribution in [2.45, 2.75) is 84.0 Å². The summed E-state index contributed by atoms with van der Waals surface area (Å²) in [6, 6.07) is 0.506. The molecule has 1 saturated heterocycles. The zero-order chi connectivity index (χ0) is 14.3. The van der Waals surface area contributed by atoms with Crippen molar-refractivity contribution in [3.8, 4) is 0 Å². The second-order valence-corrected chi connectivity index (χ2v) is 7.54. The molecule has 3 rings (SSSR count). The number of hydrogen-bond donors (Lipinski definition) is 1. The molecule has 0 aromatic rings. The van der Waals surface area contributed by atoms with Gasteiger partial charge >= 0.3 is 0 Å². The van der Waals surface area contributed by atoms with Crippen LogP contribution in [0.25, 0.3) is 0 Å². The maximum atomic E-state index is 12.6. The molecule has 2 aliphatic carbocycles. The normalized spacial score (nSPS) is 43.5. The molecule has 3 aliphatic rings. The molecule has 3 fully saturated rings. The van der Waals surface area contributed by atoms with E-state index < -0.39 is 0 Å². The smallest absolute Gasteiger partial charge is 0.240 e. The molecular formula is C17H30N2O. The third-order valence-electron chi connectivity index (χ3n) is 6.16. The molecule has 2 saturated carbocycles. The van der Waals surface area contributed by atoms with E-state index in [2.05, 4.69) is 24.1 Å². The largest absolute Gasteiger partial charge is 0.323 e. The Kier molecular flexibility index (Phi) is 4.07. The topological polar surface area (TPSA) is 32.3 Å². The van der Waals surface area contributed by atoms with Crippen molar-refractivity contribution in [1.82, 2.24) is 10.2 Å². The lowest BCUT2D eigenvalue weighted by molar-refractivity contribution is -0.134. The zero-order valence-corrected chi connectivity index (χ0v) is 13.3. The highest BCUT2D eigenvalue weighted by Gasteiger charge is 2.45. The molecule has 1 N–H and O–H groups in total. The Bertz CT molecular complexity index is 364. The van der Waals surface area contributed by atoms with Gasteiger partial charge in [0, 0.05) is 6.04 Å². The Morgan fingerprint density at radius 3 is 2.35 bits per heavy atom. The molecule has 20 heavy (non-hydrogen) atoms. The Morgan fingerprint density at radius 2 is 1.70 bits per heavy atom. The molecule has 1 heterocycles. The van der Waals surface area contributed by atoms with Crippen LogP contribution < -0.4 is 5.32 Å². The van der Waals surface area contributed by atoms with Gasteiger partial charge in [0.05, 0.1) is 12.2 Å². The van der Waals surface area contributed by atoms with E-state index in [1.165, 1.54) is 44.9 Å². The van der Waals surface area contributed by atoms with Crippen LogP contribution in [-0.2, 0) is 4.79 Å². The number of carbonyl (C=O) groups is 1. The Labute approximate surface area is 123 Å². The lowest BCUT2D eigenvalue weighted by atomic mass is 9.78. The predicted octanol–water partition coefficient (Wildman–Crippen LogP) is 3.15. The molecule has 0 bridgehead atoms. The molecule has 0 radical (unpaired) electrons. The van der Waals surface area contributed by atoms with E-state index in [1.54, 1.807) is 0 Å². The van der Waals surface area contributed by atoms with E-state index in [0.717, 1.165) is 11.8 Å². The molecule has 3 heteroatoms. The lowest BCUT2D eigenvalue weighted by Gasteiger charge is -2.41. The molecule has 0 aromatic heterocycles. The number of nitrogens with one attached hydrogen (secondary N) is 1. The highest BCUT2D eigenvalue weighted by molar-refractivity contribution is 5.84. The fraction of sp³-hybridized carbons (Fsp3) is 0.941. The Hall–Kier alpha value is -0.570. The van der Waals surface area contributed by atoms with E-state index in [1.807, 2.05) is 6.92 Å². The summed E-state index contributed by atoms with van der Waals surface area (Å²) in [5, 5.41) is 3.60. The van der Waals surface area contributed by atoms with Gasteiger partial charge in [-0.15, -0.1) is 0 Å². The van der Waals surface area contributed by atoms with Gasteiger partial charge in [0.25, 0.3) is 0 Å². The summed E-state index contributed by atoms with van der Waals surface area (Å²) in [5.74, 6) is 2.62. The molecule has 0 spiro atoms. The van der Waals surface area contributed by atoms with Gasteiger partial charge in [0.2, 0.25) is 5.91 Å². The van der Waals surface area contributed by atoms with Crippen molar-refractivity contribution in [3.63, 3.8) is 0 Å². The number of carbonyl (C=O) groups excluding carboxylic acids is 1. The first kappa shape index (κ1) is 14.4. The Balaban J connectivity index is 1.75. The van der Waals surface area contributed by atoms with E-state index in [9.17, 15) is 4.79 Å². The van der Waals surface area contributed by atoms with Crippen LogP contribution in [0.4, 0.5) is 0 Å². The average molecular weight is 278 g/mol. The van der Waals surface area contributed by atoms with Crippen molar-refractivity contribution >= 4 is 5.91 Å². The van der Waals surface area contributed by atoms with Crippen molar-refractivity contribution in [3.05, 3.63) is 0 Å². The standard InChI is InChI=1S/C17H30N2O/c1-11-8-9-15(10-12(11)2)19-16(14-6-4-5-7-14)18-13(3)17(19)20/h11-16,18H,4-10H2,1-3H3. The third kappa shape index (κ3) is 2.49. The lowest BCUT2D eigenvalue weighted by Crippen LogP contribution is -2.50. The summed E-state index contributed by atoms with van der Waals surface area (Å²) >= 11 is 0. The quantitative estimate of drug-likeness (QED) is 0.841. The van der Waals surface area contributed by atoms with Gasteiger partial charge in [-0.2, -0.15) is 0 Å². The fourth-order valence-corrected chi connectivity index (χ4v) is 4.58. The van der Waals surface area contributed by atoms with Crippen LogP contribution in [0.15, 0.2) is 0 Å². The maximum absolute atomic E-state index is 12.6. The predicted molar refractivity (Wildman–Crippen MR) is 81.2 cm³/mol. The maximum Gasteiger partial charge on any atom is 0.240 e. The van der Waals surface area contributed by atoms with Crippen LogP contribution in [0.5, 0.6) is 0 Å². The summed E-state index contributed by atoms with van der Waals surface area (Å²) in [4.78, 5) is 14.9. The van der Waals surface area contributed by atoms with E-state index in [0.29, 0.717) is 24.0 Å². The number of amides is 1. The van der Waals surface area contributed by atoms with Crippen molar-refractivity contribution in [2.24, 2.45) is 17.8 Å². The van der Waals surface area contributed by atoms with Crippen molar-refractivity contribution in [2.75, 3.05) is 0 Å². The minimum atomic E-state index is 0.0234. The van der Waals surface area contributed by atoms with Gasteiger partial charge in [-0.3, -0.25) is 10.1 Å². The van der Waals surface area contributed by atoms with E-state index in [4.69, 9.17) is 0 Å². The first-order valence-corrected chi connectivity index (χ1v) is 8.66. The number of nitrogens with zero attached hydrogens (tertiary/aromatic N) is 1. The van der Waals surface area contributed by atoms with Crippen LogP contribution >= 0.6 is 0 Å². The second-order valence-electron chi connectivity index (χ2n) is 7.54. The van der Waals surface area contributed by atoms with Gasteiger partial charge < -0.3 is 4.90 Å². The summed E-state index contributed by atoms with van der Waals surface area (Å²) in [6.07, 6.45) is 9.29. The molecular weight excluding hydrogens is 248 g/mol.